The van der Waals surface area contributed by atoms with Crippen LogP contribution in [0.2, 0.25) is 5.04 Å². The SMILES string of the molecule is CS[C@H](O)[C@H](OC(=O)c1ccccc1)C(N=[N+]=[N-])[C@H](O)CCO[Si](c1ccccc1)(c1ccccc1)C(C)(C)C. The summed E-state index contributed by atoms with van der Waals surface area (Å²) in [7, 11) is -2.85. The van der Waals surface area contributed by atoms with Crippen LogP contribution in [0, 0.1) is 0 Å². The monoisotopic (exact) mass is 579 g/mol. The third kappa shape index (κ3) is 7.34. The summed E-state index contributed by atoms with van der Waals surface area (Å²) >= 11 is 1.03. The van der Waals surface area contributed by atoms with Gasteiger partial charge in [-0.05, 0) is 45.8 Å². The van der Waals surface area contributed by atoms with Gasteiger partial charge in [0.1, 0.15) is 17.6 Å². The topological polar surface area (TPSA) is 125 Å². The van der Waals surface area contributed by atoms with Gasteiger partial charge in [0.05, 0.1) is 11.7 Å². The van der Waals surface area contributed by atoms with E-state index in [4.69, 9.17) is 9.16 Å². The van der Waals surface area contributed by atoms with Gasteiger partial charge < -0.3 is 19.4 Å². The molecule has 0 aliphatic carbocycles. The quantitative estimate of drug-likeness (QED) is 0.0741. The minimum Gasteiger partial charge on any atom is -0.455 e. The van der Waals surface area contributed by atoms with E-state index in [1.54, 1.807) is 36.6 Å². The highest BCUT2D eigenvalue weighted by Gasteiger charge is 2.50. The Morgan fingerprint density at radius 2 is 1.45 bits per heavy atom. The van der Waals surface area contributed by atoms with Gasteiger partial charge in [0, 0.05) is 11.5 Å². The molecule has 0 radical (unpaired) electrons. The second-order valence-corrected chi connectivity index (χ2v) is 15.7. The standard InChI is InChI=1S/C30H37N3O5SSi/c1-30(2,3)40(23-16-10-6-11-17-23,24-18-12-7-13-19-24)37-21-20-25(34)26(32-33-31)27(29(36)39-4)38-28(35)22-14-8-5-9-15-22/h5-19,25-27,29,34,36H,20-21H2,1-4H3/t25-,26?,27-,29+/m1/s1. The number of thioether (sulfide) groups is 1. The predicted molar refractivity (Wildman–Crippen MR) is 162 cm³/mol. The highest BCUT2D eigenvalue weighted by molar-refractivity contribution is 7.99. The van der Waals surface area contributed by atoms with Crippen molar-refractivity contribution in [3.05, 3.63) is 107 Å². The maximum atomic E-state index is 12.8. The van der Waals surface area contributed by atoms with Crippen molar-refractivity contribution in [2.45, 2.75) is 55.9 Å². The lowest BCUT2D eigenvalue weighted by Gasteiger charge is -2.43. The van der Waals surface area contributed by atoms with Crippen LogP contribution < -0.4 is 10.4 Å². The second kappa shape index (κ2) is 14.5. The fraction of sp³-hybridized carbons (Fsp3) is 0.367. The van der Waals surface area contributed by atoms with E-state index in [0.29, 0.717) is 0 Å². The van der Waals surface area contributed by atoms with Crippen molar-refractivity contribution < 1.29 is 24.2 Å². The van der Waals surface area contributed by atoms with E-state index in [1.807, 2.05) is 36.4 Å². The third-order valence-electron chi connectivity index (χ3n) is 6.84. The minimum atomic E-state index is -2.85. The van der Waals surface area contributed by atoms with Gasteiger partial charge in [0.15, 0.2) is 0 Å². The summed E-state index contributed by atoms with van der Waals surface area (Å²) in [6.07, 6.45) is -0.792. The number of hydrogen-bond acceptors (Lipinski definition) is 7. The van der Waals surface area contributed by atoms with Gasteiger partial charge in [-0.1, -0.05) is 105 Å². The van der Waals surface area contributed by atoms with E-state index >= 15 is 0 Å². The molecular weight excluding hydrogens is 542 g/mol. The number of carbonyl (C=O) groups is 1. The van der Waals surface area contributed by atoms with Crippen LogP contribution in [0.3, 0.4) is 0 Å². The third-order valence-corrected chi connectivity index (χ3v) is 12.6. The Balaban J connectivity index is 1.88. The van der Waals surface area contributed by atoms with Crippen molar-refractivity contribution in [1.82, 2.24) is 0 Å². The molecule has 3 aromatic carbocycles. The van der Waals surface area contributed by atoms with Crippen LogP contribution in [-0.4, -0.2) is 61.0 Å². The Kier molecular flexibility index (Phi) is 11.4. The molecule has 0 saturated carbocycles. The van der Waals surface area contributed by atoms with Crippen LogP contribution >= 0.6 is 11.8 Å². The molecule has 1 unspecified atom stereocenters. The average molecular weight is 580 g/mol. The molecule has 0 aromatic heterocycles. The molecule has 4 atom stereocenters. The van der Waals surface area contributed by atoms with Crippen molar-refractivity contribution in [3.8, 4) is 0 Å². The lowest BCUT2D eigenvalue weighted by Crippen LogP contribution is -2.66. The molecule has 0 fully saturated rings. The zero-order valence-corrected chi connectivity index (χ0v) is 25.1. The van der Waals surface area contributed by atoms with Gasteiger partial charge in [0.2, 0.25) is 0 Å². The van der Waals surface area contributed by atoms with E-state index < -0.39 is 38.0 Å². The number of ether oxygens (including phenoxy) is 1. The summed E-state index contributed by atoms with van der Waals surface area (Å²) in [6.45, 7) is 6.63. The fourth-order valence-electron chi connectivity index (χ4n) is 4.88. The first-order chi connectivity index (χ1) is 19.2. The Hall–Kier alpha value is -3.11. The van der Waals surface area contributed by atoms with Crippen LogP contribution in [0.25, 0.3) is 10.4 Å². The zero-order valence-electron chi connectivity index (χ0n) is 23.3. The summed E-state index contributed by atoms with van der Waals surface area (Å²) in [5.74, 6) is -0.687. The molecule has 3 aromatic rings. The number of hydrogen-bond donors (Lipinski definition) is 2. The van der Waals surface area contributed by atoms with E-state index in [1.165, 1.54) is 0 Å². The molecule has 2 N–H and O–H groups in total. The first-order valence-electron chi connectivity index (χ1n) is 13.1. The normalized spacial score (nSPS) is 14.8. The number of azide groups is 1. The van der Waals surface area contributed by atoms with Crippen LogP contribution in [0.5, 0.6) is 0 Å². The smallest absolute Gasteiger partial charge is 0.338 e. The van der Waals surface area contributed by atoms with Crippen LogP contribution in [0.4, 0.5) is 0 Å². The Bertz CT molecular complexity index is 1220. The molecule has 0 saturated heterocycles. The van der Waals surface area contributed by atoms with E-state index in [9.17, 15) is 20.5 Å². The van der Waals surface area contributed by atoms with E-state index in [0.717, 1.165) is 22.1 Å². The second-order valence-electron chi connectivity index (χ2n) is 10.4. The van der Waals surface area contributed by atoms with E-state index in [-0.39, 0.29) is 23.6 Å². The molecule has 0 amide bonds. The lowest BCUT2D eigenvalue weighted by atomic mass is 10.0. The lowest BCUT2D eigenvalue weighted by molar-refractivity contribution is -0.0265. The van der Waals surface area contributed by atoms with Gasteiger partial charge >= 0.3 is 5.97 Å². The molecular formula is C30H37N3O5SSi. The van der Waals surface area contributed by atoms with Crippen molar-refractivity contribution in [1.29, 1.82) is 0 Å². The molecule has 0 spiro atoms. The molecule has 0 bridgehead atoms. The largest absolute Gasteiger partial charge is 0.455 e. The maximum Gasteiger partial charge on any atom is 0.338 e. The average Bonchev–Trinajstić information content (AvgIpc) is 2.97. The fourth-order valence-corrected chi connectivity index (χ4v) is 9.95. The van der Waals surface area contributed by atoms with Gasteiger partial charge in [0.25, 0.3) is 8.32 Å². The maximum absolute atomic E-state index is 12.8. The minimum absolute atomic E-state index is 0.0919. The molecule has 0 aliphatic heterocycles. The predicted octanol–water partition coefficient (Wildman–Crippen LogP) is 4.90. The Labute approximate surface area is 241 Å². The van der Waals surface area contributed by atoms with Crippen molar-refractivity contribution in [3.63, 3.8) is 0 Å². The number of nitrogens with zero attached hydrogens (tertiary/aromatic N) is 3. The first-order valence-corrected chi connectivity index (χ1v) is 16.3. The number of carbonyl (C=O) groups excluding carboxylic acids is 1. The molecule has 212 valence electrons. The van der Waals surface area contributed by atoms with Crippen LogP contribution in [0.15, 0.2) is 96.1 Å². The highest BCUT2D eigenvalue weighted by Crippen LogP contribution is 2.37. The number of benzene rings is 3. The number of aliphatic hydroxyl groups is 2. The Morgan fingerprint density at radius 3 is 1.90 bits per heavy atom. The molecule has 40 heavy (non-hydrogen) atoms. The van der Waals surface area contributed by atoms with Crippen molar-refractivity contribution in [2.24, 2.45) is 5.11 Å². The van der Waals surface area contributed by atoms with Crippen molar-refractivity contribution in [2.75, 3.05) is 12.9 Å². The molecule has 0 heterocycles. The van der Waals surface area contributed by atoms with Gasteiger partial charge in [-0.2, -0.15) is 0 Å². The molecule has 0 aliphatic rings. The zero-order chi connectivity index (χ0) is 29.2. The van der Waals surface area contributed by atoms with Gasteiger partial charge in [-0.3, -0.25) is 0 Å². The summed E-state index contributed by atoms with van der Waals surface area (Å²) < 4.78 is 12.4. The molecule has 8 nitrogen and oxygen atoms in total. The van der Waals surface area contributed by atoms with Gasteiger partial charge in [-0.15, -0.1) is 11.8 Å². The first kappa shape index (κ1) is 31.4. The van der Waals surface area contributed by atoms with Crippen LogP contribution in [-0.2, 0) is 9.16 Å². The Morgan fingerprint density at radius 1 is 0.950 bits per heavy atom. The summed E-state index contributed by atoms with van der Waals surface area (Å²) in [5.41, 5.74) is 8.35. The summed E-state index contributed by atoms with van der Waals surface area (Å²) in [4.78, 5) is 15.7. The van der Waals surface area contributed by atoms with Crippen molar-refractivity contribution >= 4 is 36.4 Å². The molecule has 3 rings (SSSR count). The number of rotatable bonds is 13. The highest BCUT2D eigenvalue weighted by atomic mass is 32.2. The van der Waals surface area contributed by atoms with Gasteiger partial charge in [-0.25, -0.2) is 4.79 Å². The summed E-state index contributed by atoms with van der Waals surface area (Å²) in [5, 5.41) is 27.6. The summed E-state index contributed by atoms with van der Waals surface area (Å²) in [6, 6.07) is 27.3. The number of aliphatic hydroxyl groups excluding tert-OH is 2. The van der Waals surface area contributed by atoms with Crippen LogP contribution in [0.1, 0.15) is 37.6 Å². The van der Waals surface area contributed by atoms with E-state index in [2.05, 4.69) is 55.1 Å². The number of esters is 1. The molecule has 10 heteroatoms.